The smallest absolute Gasteiger partial charge is 0.131 e. The number of nitrogens with two attached hydrogens (primary N) is 1. The molecule has 0 saturated carbocycles. The zero-order valence-electron chi connectivity index (χ0n) is 9.94. The molecular formula is C12H19N3O. The Morgan fingerprint density at radius 2 is 2.12 bits per heavy atom. The van der Waals surface area contributed by atoms with E-state index in [1.54, 1.807) is 0 Å². The highest BCUT2D eigenvalue weighted by Crippen LogP contribution is 2.21. The highest BCUT2D eigenvalue weighted by Gasteiger charge is 2.15. The Hall–Kier alpha value is -1.13. The molecule has 0 radical (unpaired) electrons. The number of hydrogen-bond donors (Lipinski definition) is 1. The molecule has 1 aromatic heterocycles. The van der Waals surface area contributed by atoms with Crippen LogP contribution < -0.4 is 10.6 Å². The average Bonchev–Trinajstić information content (AvgIpc) is 2.30. The third-order valence-electron chi connectivity index (χ3n) is 2.91. The number of hydrogen-bond acceptors (Lipinski definition) is 4. The van der Waals surface area contributed by atoms with Gasteiger partial charge in [0.25, 0.3) is 0 Å². The van der Waals surface area contributed by atoms with Crippen LogP contribution in [0.15, 0.2) is 12.3 Å². The van der Waals surface area contributed by atoms with Gasteiger partial charge in [0, 0.05) is 25.3 Å². The molecule has 16 heavy (non-hydrogen) atoms. The highest BCUT2D eigenvalue weighted by atomic mass is 16.5. The molecule has 1 aliphatic heterocycles. The lowest BCUT2D eigenvalue weighted by Gasteiger charge is -2.29. The van der Waals surface area contributed by atoms with E-state index in [0.29, 0.717) is 0 Å². The van der Waals surface area contributed by atoms with E-state index in [1.807, 2.05) is 13.1 Å². The van der Waals surface area contributed by atoms with Gasteiger partial charge in [-0.25, -0.2) is 4.98 Å². The van der Waals surface area contributed by atoms with Gasteiger partial charge in [-0.3, -0.25) is 0 Å². The molecule has 0 aromatic carbocycles. The predicted octanol–water partition coefficient (Wildman–Crippen LogP) is 1.25. The zero-order chi connectivity index (χ0) is 11.5. The number of rotatable bonds is 2. The van der Waals surface area contributed by atoms with Crippen molar-refractivity contribution in [2.75, 3.05) is 31.2 Å². The Balaban J connectivity index is 2.21. The molecule has 1 fully saturated rings. The van der Waals surface area contributed by atoms with Gasteiger partial charge >= 0.3 is 0 Å². The van der Waals surface area contributed by atoms with E-state index in [9.17, 15) is 0 Å². The summed E-state index contributed by atoms with van der Waals surface area (Å²) in [7, 11) is 0. The predicted molar refractivity (Wildman–Crippen MR) is 64.6 cm³/mol. The van der Waals surface area contributed by atoms with Crippen LogP contribution >= 0.6 is 0 Å². The summed E-state index contributed by atoms with van der Waals surface area (Å²) in [6, 6.07) is 2.17. The maximum absolute atomic E-state index is 5.84. The van der Waals surface area contributed by atoms with Crippen molar-refractivity contribution in [3.8, 4) is 0 Å². The first kappa shape index (κ1) is 11.4. The summed E-state index contributed by atoms with van der Waals surface area (Å²) < 4.78 is 5.33. The van der Waals surface area contributed by atoms with Crippen LogP contribution in [0.3, 0.4) is 0 Å². The maximum Gasteiger partial charge on any atom is 0.131 e. The molecule has 2 heterocycles. The van der Waals surface area contributed by atoms with Crippen molar-refractivity contribution in [3.05, 3.63) is 23.4 Å². The molecule has 0 amide bonds. The van der Waals surface area contributed by atoms with E-state index >= 15 is 0 Å². The maximum atomic E-state index is 5.84. The summed E-state index contributed by atoms with van der Waals surface area (Å²) in [5.74, 6) is 1.06. The molecule has 0 unspecified atom stereocenters. The number of pyridine rings is 1. The Kier molecular flexibility index (Phi) is 3.41. The molecule has 1 aromatic rings. The molecule has 0 bridgehead atoms. The van der Waals surface area contributed by atoms with Crippen molar-refractivity contribution in [2.24, 2.45) is 5.73 Å². The summed E-state index contributed by atoms with van der Waals surface area (Å²) >= 11 is 0. The van der Waals surface area contributed by atoms with Crippen molar-refractivity contribution in [1.82, 2.24) is 4.98 Å². The number of aryl methyl sites for hydroxylation is 1. The fourth-order valence-electron chi connectivity index (χ4n) is 1.94. The third kappa shape index (κ3) is 2.33. The third-order valence-corrected chi connectivity index (χ3v) is 2.91. The van der Waals surface area contributed by atoms with Crippen LogP contribution in [0.2, 0.25) is 0 Å². The molecular weight excluding hydrogens is 202 g/mol. The minimum absolute atomic E-state index is 0.0462. The number of morpholine rings is 1. The van der Waals surface area contributed by atoms with Crippen molar-refractivity contribution in [2.45, 2.75) is 19.9 Å². The normalized spacial score (nSPS) is 18.6. The Morgan fingerprint density at radius 1 is 1.44 bits per heavy atom. The van der Waals surface area contributed by atoms with Crippen LogP contribution in [0.4, 0.5) is 5.82 Å². The lowest BCUT2D eigenvalue weighted by atomic mass is 10.1. The minimum atomic E-state index is 0.0462. The van der Waals surface area contributed by atoms with Crippen molar-refractivity contribution < 1.29 is 4.74 Å². The lowest BCUT2D eigenvalue weighted by Crippen LogP contribution is -2.37. The highest BCUT2D eigenvalue weighted by molar-refractivity contribution is 5.48. The first-order chi connectivity index (χ1) is 7.68. The van der Waals surface area contributed by atoms with Crippen LogP contribution in [-0.4, -0.2) is 31.3 Å². The molecule has 4 nitrogen and oxygen atoms in total. The van der Waals surface area contributed by atoms with Crippen LogP contribution in [-0.2, 0) is 4.74 Å². The summed E-state index contributed by atoms with van der Waals surface area (Å²) in [6.45, 7) is 7.48. The number of nitrogens with zero attached hydrogens (tertiary/aromatic N) is 2. The van der Waals surface area contributed by atoms with Gasteiger partial charge in [-0.2, -0.15) is 0 Å². The van der Waals surface area contributed by atoms with E-state index in [2.05, 4.69) is 22.9 Å². The fourth-order valence-corrected chi connectivity index (χ4v) is 1.94. The first-order valence-corrected chi connectivity index (χ1v) is 5.73. The van der Waals surface area contributed by atoms with E-state index in [-0.39, 0.29) is 6.04 Å². The largest absolute Gasteiger partial charge is 0.378 e. The molecule has 4 heteroatoms. The molecule has 1 saturated heterocycles. The number of aromatic nitrogens is 1. The van der Waals surface area contributed by atoms with Gasteiger partial charge in [-0.15, -0.1) is 0 Å². The number of anilines is 1. The second kappa shape index (κ2) is 4.80. The van der Waals surface area contributed by atoms with Crippen LogP contribution in [0, 0.1) is 6.92 Å². The van der Waals surface area contributed by atoms with E-state index < -0.39 is 0 Å². The molecule has 2 N–H and O–H groups in total. The first-order valence-electron chi connectivity index (χ1n) is 5.73. The van der Waals surface area contributed by atoms with Crippen molar-refractivity contribution in [3.63, 3.8) is 0 Å². The fraction of sp³-hybridized carbons (Fsp3) is 0.583. The van der Waals surface area contributed by atoms with Crippen LogP contribution in [0.25, 0.3) is 0 Å². The Labute approximate surface area is 96.4 Å². The molecule has 2 rings (SSSR count). The summed E-state index contributed by atoms with van der Waals surface area (Å²) in [5.41, 5.74) is 8.12. The van der Waals surface area contributed by atoms with Gasteiger partial charge in [-0.1, -0.05) is 0 Å². The second-order valence-corrected chi connectivity index (χ2v) is 4.30. The SMILES string of the molecule is Cc1cc([C@H](C)N)cnc1N1CCOCC1. The molecule has 1 atom stereocenters. The second-order valence-electron chi connectivity index (χ2n) is 4.30. The van der Waals surface area contributed by atoms with Crippen LogP contribution in [0.5, 0.6) is 0 Å². The van der Waals surface area contributed by atoms with Gasteiger partial charge in [-0.05, 0) is 31.0 Å². The van der Waals surface area contributed by atoms with E-state index in [4.69, 9.17) is 10.5 Å². The van der Waals surface area contributed by atoms with Crippen LogP contribution in [0.1, 0.15) is 24.1 Å². The van der Waals surface area contributed by atoms with E-state index in [0.717, 1.165) is 37.7 Å². The molecule has 0 aliphatic carbocycles. The molecule has 88 valence electrons. The monoisotopic (exact) mass is 221 g/mol. The summed E-state index contributed by atoms with van der Waals surface area (Å²) in [5, 5.41) is 0. The van der Waals surface area contributed by atoms with Gasteiger partial charge < -0.3 is 15.4 Å². The van der Waals surface area contributed by atoms with Gasteiger partial charge in [0.2, 0.25) is 0 Å². The molecule has 0 spiro atoms. The van der Waals surface area contributed by atoms with E-state index in [1.165, 1.54) is 5.56 Å². The quantitative estimate of drug-likeness (QED) is 0.816. The zero-order valence-corrected chi connectivity index (χ0v) is 9.94. The van der Waals surface area contributed by atoms with Crippen molar-refractivity contribution >= 4 is 5.82 Å². The standard InChI is InChI=1S/C12H19N3O/c1-9-7-11(10(2)13)8-14-12(9)15-3-5-16-6-4-15/h7-8,10H,3-6,13H2,1-2H3/t10-/m0/s1. The number of ether oxygens (including phenoxy) is 1. The topological polar surface area (TPSA) is 51.4 Å². The van der Waals surface area contributed by atoms with Gasteiger partial charge in [0.15, 0.2) is 0 Å². The van der Waals surface area contributed by atoms with Gasteiger partial charge in [0.05, 0.1) is 13.2 Å². The van der Waals surface area contributed by atoms with Crippen molar-refractivity contribution in [1.29, 1.82) is 0 Å². The molecule has 1 aliphatic rings. The summed E-state index contributed by atoms with van der Waals surface area (Å²) in [6.07, 6.45) is 1.88. The summed E-state index contributed by atoms with van der Waals surface area (Å²) in [4.78, 5) is 6.78. The average molecular weight is 221 g/mol. The lowest BCUT2D eigenvalue weighted by molar-refractivity contribution is 0.122. The Bertz CT molecular complexity index is 359. The van der Waals surface area contributed by atoms with Gasteiger partial charge in [0.1, 0.15) is 5.82 Å². The minimum Gasteiger partial charge on any atom is -0.378 e. The Morgan fingerprint density at radius 3 is 2.69 bits per heavy atom.